The van der Waals surface area contributed by atoms with Crippen molar-refractivity contribution >= 4 is 38.9 Å². The fourth-order valence-electron chi connectivity index (χ4n) is 1.75. The van der Waals surface area contributed by atoms with Crippen LogP contribution in [0.4, 0.5) is 18.9 Å². The molecule has 0 fully saturated rings. The molecule has 124 valence electrons. The first-order valence-electron chi connectivity index (χ1n) is 5.89. The normalized spacial score (nSPS) is 12.2. The van der Waals surface area contributed by atoms with E-state index < -0.39 is 38.1 Å². The lowest BCUT2D eigenvalue weighted by atomic mass is 10.2. The van der Waals surface area contributed by atoms with Crippen molar-refractivity contribution in [1.29, 1.82) is 0 Å². The van der Waals surface area contributed by atoms with E-state index in [2.05, 4.69) is 0 Å². The van der Waals surface area contributed by atoms with Gasteiger partial charge in [0.05, 0.1) is 26.2 Å². The maximum atomic E-state index is 12.9. The van der Waals surface area contributed by atoms with Crippen LogP contribution >= 0.6 is 23.2 Å². The van der Waals surface area contributed by atoms with Crippen LogP contribution in [0.1, 0.15) is 5.56 Å². The predicted octanol–water partition coefficient (Wildman–Crippen LogP) is 4.52. The molecule has 0 bridgehead atoms. The van der Waals surface area contributed by atoms with Crippen LogP contribution in [0.15, 0.2) is 41.3 Å². The molecule has 0 aliphatic carbocycles. The van der Waals surface area contributed by atoms with Gasteiger partial charge >= 0.3 is 6.18 Å². The molecular formula is C13H8Cl2F3NO3S. The number of hydrogen-bond acceptors (Lipinski definition) is 3. The number of nitrogens with one attached hydrogen (secondary N) is 1. The van der Waals surface area contributed by atoms with Crippen LogP contribution in [-0.2, 0) is 16.2 Å². The summed E-state index contributed by atoms with van der Waals surface area (Å²) in [5.74, 6) is -0.576. The topological polar surface area (TPSA) is 66.4 Å². The average molecular weight is 386 g/mol. The second-order valence-electron chi connectivity index (χ2n) is 4.38. The minimum Gasteiger partial charge on any atom is -0.506 e. The lowest BCUT2D eigenvalue weighted by Crippen LogP contribution is -2.19. The summed E-state index contributed by atoms with van der Waals surface area (Å²) >= 11 is 11.3. The van der Waals surface area contributed by atoms with Crippen LogP contribution in [0, 0.1) is 0 Å². The van der Waals surface area contributed by atoms with E-state index in [-0.39, 0.29) is 10.0 Å². The SMILES string of the molecule is O=S(=O)(Nc1cc(Cl)c(Cl)cc1O)c1ccccc1C(F)(F)F. The molecule has 0 aliphatic rings. The zero-order valence-electron chi connectivity index (χ0n) is 11.0. The molecule has 0 amide bonds. The van der Waals surface area contributed by atoms with Gasteiger partial charge in [-0.3, -0.25) is 4.72 Å². The first-order valence-corrected chi connectivity index (χ1v) is 8.13. The standard InChI is InChI=1S/C13H8Cl2F3NO3S/c14-8-5-10(11(20)6-9(8)15)19-23(21,22)12-4-2-1-3-7(12)13(16,17)18/h1-6,19-20H. The van der Waals surface area contributed by atoms with Crippen molar-refractivity contribution in [2.75, 3.05) is 4.72 Å². The Morgan fingerprint density at radius 2 is 1.61 bits per heavy atom. The van der Waals surface area contributed by atoms with Crippen LogP contribution in [0.5, 0.6) is 5.75 Å². The maximum Gasteiger partial charge on any atom is 0.417 e. The van der Waals surface area contributed by atoms with Crippen LogP contribution < -0.4 is 4.72 Å². The van der Waals surface area contributed by atoms with Crippen molar-refractivity contribution in [2.45, 2.75) is 11.1 Å². The van der Waals surface area contributed by atoms with Gasteiger partial charge in [-0.25, -0.2) is 8.42 Å². The highest BCUT2D eigenvalue weighted by Gasteiger charge is 2.37. The molecule has 10 heteroatoms. The van der Waals surface area contributed by atoms with Gasteiger partial charge in [0, 0.05) is 6.07 Å². The number of sulfonamides is 1. The Morgan fingerprint density at radius 1 is 1.04 bits per heavy atom. The molecule has 0 saturated heterocycles. The van der Waals surface area contributed by atoms with Crippen LogP contribution in [0.25, 0.3) is 0 Å². The molecular weight excluding hydrogens is 378 g/mol. The molecule has 2 N–H and O–H groups in total. The van der Waals surface area contributed by atoms with E-state index in [0.29, 0.717) is 6.07 Å². The van der Waals surface area contributed by atoms with Crippen molar-refractivity contribution in [3.8, 4) is 5.75 Å². The number of hydrogen-bond donors (Lipinski definition) is 2. The van der Waals surface area contributed by atoms with Crippen molar-refractivity contribution in [3.63, 3.8) is 0 Å². The molecule has 2 aromatic rings. The Balaban J connectivity index is 2.51. The second kappa shape index (κ2) is 6.10. The van der Waals surface area contributed by atoms with Gasteiger partial charge in [0.15, 0.2) is 0 Å². The van der Waals surface area contributed by atoms with Gasteiger partial charge in [-0.2, -0.15) is 13.2 Å². The van der Waals surface area contributed by atoms with Crippen LogP contribution in [0.3, 0.4) is 0 Å². The maximum absolute atomic E-state index is 12.9. The summed E-state index contributed by atoms with van der Waals surface area (Å²) in [5.41, 5.74) is -1.72. The molecule has 0 aliphatic heterocycles. The molecule has 23 heavy (non-hydrogen) atoms. The Kier molecular flexibility index (Phi) is 4.70. The number of aromatic hydroxyl groups is 1. The molecule has 0 unspecified atom stereocenters. The number of alkyl halides is 3. The van der Waals surface area contributed by atoms with Gasteiger partial charge in [0.25, 0.3) is 10.0 Å². The lowest BCUT2D eigenvalue weighted by Gasteiger charge is -2.15. The molecule has 0 radical (unpaired) electrons. The Bertz CT molecular complexity index is 854. The number of phenolic OH excluding ortho intramolecular Hbond substituents is 1. The van der Waals surface area contributed by atoms with Gasteiger partial charge in [0.2, 0.25) is 0 Å². The van der Waals surface area contributed by atoms with Crippen molar-refractivity contribution in [3.05, 3.63) is 52.0 Å². The first kappa shape index (κ1) is 17.7. The zero-order chi connectivity index (χ0) is 17.4. The molecule has 4 nitrogen and oxygen atoms in total. The molecule has 2 aromatic carbocycles. The number of halogens is 5. The summed E-state index contributed by atoms with van der Waals surface area (Å²) in [6.45, 7) is 0. The van der Waals surface area contributed by atoms with Crippen molar-refractivity contribution in [2.24, 2.45) is 0 Å². The van der Waals surface area contributed by atoms with E-state index in [1.165, 1.54) is 0 Å². The van der Waals surface area contributed by atoms with Crippen molar-refractivity contribution in [1.82, 2.24) is 0 Å². The summed E-state index contributed by atoms with van der Waals surface area (Å²) in [5, 5.41) is 9.55. The average Bonchev–Trinajstić information content (AvgIpc) is 2.43. The number of rotatable bonds is 3. The highest BCUT2D eigenvalue weighted by Crippen LogP contribution is 2.37. The number of anilines is 1. The fraction of sp³-hybridized carbons (Fsp3) is 0.0769. The molecule has 2 rings (SSSR count). The summed E-state index contributed by atoms with van der Waals surface area (Å²) in [6, 6.07) is 5.63. The van der Waals surface area contributed by atoms with Crippen LogP contribution in [0.2, 0.25) is 10.0 Å². The second-order valence-corrected chi connectivity index (χ2v) is 6.85. The largest absolute Gasteiger partial charge is 0.506 e. The highest BCUT2D eigenvalue weighted by atomic mass is 35.5. The smallest absolute Gasteiger partial charge is 0.417 e. The number of benzene rings is 2. The minimum absolute atomic E-state index is 0.0391. The monoisotopic (exact) mass is 385 g/mol. The fourth-order valence-corrected chi connectivity index (χ4v) is 3.37. The predicted molar refractivity (Wildman–Crippen MR) is 80.4 cm³/mol. The van der Waals surface area contributed by atoms with E-state index in [1.54, 1.807) is 0 Å². The van der Waals surface area contributed by atoms with E-state index in [4.69, 9.17) is 23.2 Å². The lowest BCUT2D eigenvalue weighted by molar-refractivity contribution is -0.139. The number of phenols is 1. The van der Waals surface area contributed by atoms with Crippen LogP contribution in [-0.4, -0.2) is 13.5 Å². The summed E-state index contributed by atoms with van der Waals surface area (Å²) < 4.78 is 65.1. The third kappa shape index (κ3) is 3.82. The van der Waals surface area contributed by atoms with Crippen molar-refractivity contribution < 1.29 is 26.7 Å². The molecule has 0 spiro atoms. The Labute approximate surface area is 139 Å². The van der Waals surface area contributed by atoms with E-state index in [9.17, 15) is 26.7 Å². The first-order chi connectivity index (χ1) is 10.5. The quantitative estimate of drug-likeness (QED) is 0.763. The van der Waals surface area contributed by atoms with Gasteiger partial charge in [-0.05, 0) is 18.2 Å². The van der Waals surface area contributed by atoms with Gasteiger partial charge in [-0.15, -0.1) is 0 Å². The van der Waals surface area contributed by atoms with Gasteiger partial charge in [0.1, 0.15) is 5.75 Å². The third-order valence-electron chi connectivity index (χ3n) is 2.76. The highest BCUT2D eigenvalue weighted by molar-refractivity contribution is 7.92. The summed E-state index contributed by atoms with van der Waals surface area (Å²) in [7, 11) is -4.61. The third-order valence-corrected chi connectivity index (χ3v) is 4.91. The van der Waals surface area contributed by atoms with Gasteiger partial charge in [-0.1, -0.05) is 35.3 Å². The zero-order valence-corrected chi connectivity index (χ0v) is 13.4. The summed E-state index contributed by atoms with van der Waals surface area (Å²) in [6.07, 6.45) is -4.86. The van der Waals surface area contributed by atoms with Gasteiger partial charge < -0.3 is 5.11 Å². The van der Waals surface area contributed by atoms with E-state index in [1.807, 2.05) is 4.72 Å². The molecule has 0 saturated carbocycles. The summed E-state index contributed by atoms with van der Waals surface area (Å²) in [4.78, 5) is -0.974. The van der Waals surface area contributed by atoms with E-state index >= 15 is 0 Å². The Hall–Kier alpha value is -1.64. The van der Waals surface area contributed by atoms with E-state index in [0.717, 1.165) is 30.3 Å². The molecule has 0 heterocycles. The molecule has 0 atom stereocenters. The molecule has 0 aromatic heterocycles. The Morgan fingerprint density at radius 3 is 2.22 bits per heavy atom. The minimum atomic E-state index is -4.86.